The van der Waals surface area contributed by atoms with Gasteiger partial charge in [-0.1, -0.05) is 66.2 Å². The van der Waals surface area contributed by atoms with Gasteiger partial charge in [0.05, 0.1) is 18.6 Å². The number of rotatable bonds is 7. The Labute approximate surface area is 222 Å². The SMILES string of the molecule is COc1cc(/C=C2\SC(=O)N(Cc3ccc(F)cc3Cl)C2=O)ccc1OCc1cccc2ccccc12. The molecule has 8 heteroatoms. The van der Waals surface area contributed by atoms with E-state index < -0.39 is 17.0 Å². The zero-order valence-electron chi connectivity index (χ0n) is 19.7. The molecule has 1 aliphatic heterocycles. The molecule has 4 aromatic carbocycles. The van der Waals surface area contributed by atoms with Crippen LogP contribution in [-0.2, 0) is 17.9 Å². The van der Waals surface area contributed by atoms with Gasteiger partial charge in [0.15, 0.2) is 11.5 Å². The third kappa shape index (κ3) is 5.33. The Balaban J connectivity index is 1.32. The van der Waals surface area contributed by atoms with Crippen molar-refractivity contribution in [1.29, 1.82) is 0 Å². The highest BCUT2D eigenvalue weighted by atomic mass is 35.5. The maximum atomic E-state index is 13.3. The van der Waals surface area contributed by atoms with Gasteiger partial charge in [0.25, 0.3) is 11.1 Å². The van der Waals surface area contributed by atoms with Gasteiger partial charge in [-0.25, -0.2) is 4.39 Å². The highest BCUT2D eigenvalue weighted by Crippen LogP contribution is 2.36. The van der Waals surface area contributed by atoms with E-state index in [0.29, 0.717) is 29.2 Å². The monoisotopic (exact) mass is 533 g/mol. The molecule has 0 saturated carbocycles. The lowest BCUT2D eigenvalue weighted by Gasteiger charge is -2.14. The Kier molecular flexibility index (Phi) is 7.17. The smallest absolute Gasteiger partial charge is 0.293 e. The van der Waals surface area contributed by atoms with Gasteiger partial charge in [-0.3, -0.25) is 14.5 Å². The molecule has 0 atom stereocenters. The first kappa shape index (κ1) is 24.9. The largest absolute Gasteiger partial charge is 0.493 e. The van der Waals surface area contributed by atoms with E-state index >= 15 is 0 Å². The second-order valence-corrected chi connectivity index (χ2v) is 9.74. The molecule has 4 aromatic rings. The van der Waals surface area contributed by atoms with Crippen LogP contribution in [0.1, 0.15) is 16.7 Å². The summed E-state index contributed by atoms with van der Waals surface area (Å²) in [5, 5.41) is 2.00. The predicted molar refractivity (Wildman–Crippen MR) is 144 cm³/mol. The topological polar surface area (TPSA) is 55.8 Å². The number of carbonyl (C=O) groups excluding carboxylic acids is 2. The number of nitrogens with zero attached hydrogens (tertiary/aromatic N) is 1. The Bertz CT molecular complexity index is 1550. The summed E-state index contributed by atoms with van der Waals surface area (Å²) >= 11 is 6.92. The zero-order valence-corrected chi connectivity index (χ0v) is 21.3. The second-order valence-electron chi connectivity index (χ2n) is 8.34. The van der Waals surface area contributed by atoms with E-state index in [1.807, 2.05) is 24.3 Å². The van der Waals surface area contributed by atoms with E-state index in [0.717, 1.165) is 39.1 Å². The van der Waals surface area contributed by atoms with Crippen molar-refractivity contribution in [2.24, 2.45) is 0 Å². The number of hydrogen-bond donors (Lipinski definition) is 0. The van der Waals surface area contributed by atoms with Crippen LogP contribution < -0.4 is 9.47 Å². The highest BCUT2D eigenvalue weighted by molar-refractivity contribution is 8.18. The Morgan fingerprint density at radius 3 is 2.57 bits per heavy atom. The van der Waals surface area contributed by atoms with Crippen LogP contribution in [0, 0.1) is 5.82 Å². The minimum atomic E-state index is -0.485. The van der Waals surface area contributed by atoms with Gasteiger partial charge in [0.1, 0.15) is 12.4 Å². The molecule has 0 bridgehead atoms. The van der Waals surface area contributed by atoms with Crippen molar-refractivity contribution in [2.75, 3.05) is 7.11 Å². The fourth-order valence-electron chi connectivity index (χ4n) is 4.07. The molecule has 0 aromatic heterocycles. The van der Waals surface area contributed by atoms with Crippen LogP contribution in [0.15, 0.2) is 83.8 Å². The van der Waals surface area contributed by atoms with Crippen molar-refractivity contribution >= 4 is 51.4 Å². The van der Waals surface area contributed by atoms with E-state index in [1.165, 1.54) is 12.1 Å². The van der Waals surface area contributed by atoms with Crippen LogP contribution in [0.3, 0.4) is 0 Å². The number of fused-ring (bicyclic) bond motifs is 1. The molecule has 5 nitrogen and oxygen atoms in total. The molecule has 2 amide bonds. The Morgan fingerprint density at radius 2 is 1.76 bits per heavy atom. The molecular weight excluding hydrogens is 513 g/mol. The van der Waals surface area contributed by atoms with Crippen molar-refractivity contribution in [3.63, 3.8) is 0 Å². The van der Waals surface area contributed by atoms with Crippen LogP contribution in [0.4, 0.5) is 9.18 Å². The van der Waals surface area contributed by atoms with Crippen molar-refractivity contribution in [3.05, 3.63) is 111 Å². The number of ether oxygens (including phenoxy) is 2. The number of benzene rings is 4. The number of imide groups is 1. The summed E-state index contributed by atoms with van der Waals surface area (Å²) in [5.41, 5.74) is 2.22. The molecule has 1 aliphatic rings. The number of hydrogen-bond acceptors (Lipinski definition) is 5. The normalized spacial score (nSPS) is 14.6. The van der Waals surface area contributed by atoms with Crippen molar-refractivity contribution in [2.45, 2.75) is 13.2 Å². The Morgan fingerprint density at radius 1 is 0.946 bits per heavy atom. The van der Waals surface area contributed by atoms with Gasteiger partial charge in [-0.15, -0.1) is 0 Å². The third-order valence-electron chi connectivity index (χ3n) is 5.97. The van der Waals surface area contributed by atoms with Crippen molar-refractivity contribution < 1.29 is 23.5 Å². The number of amides is 2. The lowest BCUT2D eigenvalue weighted by Crippen LogP contribution is -2.27. The quantitative estimate of drug-likeness (QED) is 0.231. The van der Waals surface area contributed by atoms with E-state index in [4.69, 9.17) is 21.1 Å². The van der Waals surface area contributed by atoms with Crippen molar-refractivity contribution in [3.8, 4) is 11.5 Å². The summed E-state index contributed by atoms with van der Waals surface area (Å²) in [6.07, 6.45) is 1.63. The molecule has 0 radical (unpaired) electrons. The molecule has 37 heavy (non-hydrogen) atoms. The second kappa shape index (κ2) is 10.7. The molecule has 0 aliphatic carbocycles. The van der Waals surface area contributed by atoms with E-state index in [9.17, 15) is 14.0 Å². The molecule has 0 N–H and O–H groups in total. The van der Waals surface area contributed by atoms with Gasteiger partial charge in [0, 0.05) is 5.02 Å². The highest BCUT2D eigenvalue weighted by Gasteiger charge is 2.35. The first-order valence-electron chi connectivity index (χ1n) is 11.4. The summed E-state index contributed by atoms with van der Waals surface area (Å²) in [4.78, 5) is 26.8. The summed E-state index contributed by atoms with van der Waals surface area (Å²) in [5.74, 6) is 0.143. The summed E-state index contributed by atoms with van der Waals surface area (Å²) in [6, 6.07) is 23.4. The van der Waals surface area contributed by atoms with E-state index in [-0.39, 0.29) is 16.5 Å². The fourth-order valence-corrected chi connectivity index (χ4v) is 5.14. The molecule has 0 spiro atoms. The lowest BCUT2D eigenvalue weighted by atomic mass is 10.1. The van der Waals surface area contributed by atoms with E-state index in [2.05, 4.69) is 18.2 Å². The lowest BCUT2D eigenvalue weighted by molar-refractivity contribution is -0.123. The van der Waals surface area contributed by atoms with Crippen LogP contribution in [0.5, 0.6) is 11.5 Å². The molecule has 1 saturated heterocycles. The average molecular weight is 534 g/mol. The number of methoxy groups -OCH3 is 1. The minimum absolute atomic E-state index is 0.0363. The van der Waals surface area contributed by atoms with Gasteiger partial charge in [0.2, 0.25) is 0 Å². The Hall–Kier alpha value is -3.81. The molecule has 5 rings (SSSR count). The van der Waals surface area contributed by atoms with Crippen LogP contribution >= 0.6 is 23.4 Å². The summed E-state index contributed by atoms with van der Waals surface area (Å²) in [7, 11) is 1.55. The standard InChI is InChI=1S/C29H21ClFNO4S/c1-35-26-13-18(9-12-25(26)36-17-21-7-4-6-19-5-2-3-8-23(19)21)14-27-28(33)32(29(34)37-27)16-20-10-11-22(31)15-24(20)30/h2-15H,16-17H2,1H3/b27-14-. The predicted octanol–water partition coefficient (Wildman–Crippen LogP) is 7.46. The van der Waals surface area contributed by atoms with E-state index in [1.54, 1.807) is 31.4 Å². The van der Waals surface area contributed by atoms with Crippen LogP contribution in [-0.4, -0.2) is 23.2 Å². The number of carbonyl (C=O) groups is 2. The van der Waals surface area contributed by atoms with Gasteiger partial charge in [-0.05, 0) is 69.6 Å². The van der Waals surface area contributed by atoms with Crippen LogP contribution in [0.2, 0.25) is 5.02 Å². The first-order chi connectivity index (χ1) is 17.9. The molecule has 186 valence electrons. The van der Waals surface area contributed by atoms with Crippen molar-refractivity contribution in [1.82, 2.24) is 4.90 Å². The molecule has 1 heterocycles. The minimum Gasteiger partial charge on any atom is -0.493 e. The molecule has 0 unspecified atom stereocenters. The third-order valence-corrected chi connectivity index (χ3v) is 7.22. The summed E-state index contributed by atoms with van der Waals surface area (Å²) in [6.45, 7) is 0.327. The fraction of sp³-hybridized carbons (Fsp3) is 0.103. The first-order valence-corrected chi connectivity index (χ1v) is 12.6. The van der Waals surface area contributed by atoms with Gasteiger partial charge < -0.3 is 9.47 Å². The zero-order chi connectivity index (χ0) is 25.9. The average Bonchev–Trinajstić information content (AvgIpc) is 3.16. The van der Waals surface area contributed by atoms with Gasteiger partial charge >= 0.3 is 0 Å². The summed E-state index contributed by atoms with van der Waals surface area (Å²) < 4.78 is 24.9. The maximum Gasteiger partial charge on any atom is 0.293 e. The van der Waals surface area contributed by atoms with Crippen LogP contribution in [0.25, 0.3) is 16.8 Å². The maximum absolute atomic E-state index is 13.3. The molecular formula is C29H21ClFNO4S. The number of halogens is 2. The number of thioether (sulfide) groups is 1. The molecule has 1 fully saturated rings. The van der Waals surface area contributed by atoms with Gasteiger partial charge in [-0.2, -0.15) is 0 Å².